The zero-order valence-corrected chi connectivity index (χ0v) is 32.2. The fraction of sp³-hybridized carbons (Fsp3) is 0.0179. The van der Waals surface area contributed by atoms with E-state index in [0.29, 0.717) is 5.82 Å². The van der Waals surface area contributed by atoms with Crippen molar-refractivity contribution in [1.82, 2.24) is 15.0 Å². The Balaban J connectivity index is 1.08. The first-order valence-corrected chi connectivity index (χ1v) is 20.1. The molecule has 2 heterocycles. The van der Waals surface area contributed by atoms with Crippen molar-refractivity contribution in [2.24, 2.45) is 0 Å². The number of pyridine rings is 1. The summed E-state index contributed by atoms with van der Waals surface area (Å²) < 4.78 is 0. The van der Waals surface area contributed by atoms with Gasteiger partial charge in [-0.25, -0.2) is 9.97 Å². The molecule has 0 bridgehead atoms. The third-order valence-electron chi connectivity index (χ3n) is 11.9. The van der Waals surface area contributed by atoms with Crippen LogP contribution >= 0.6 is 0 Å². The van der Waals surface area contributed by atoms with Gasteiger partial charge < -0.3 is 0 Å². The van der Waals surface area contributed by atoms with Crippen molar-refractivity contribution in [2.45, 2.75) is 5.41 Å². The van der Waals surface area contributed by atoms with Gasteiger partial charge in [0.1, 0.15) is 0 Å². The smallest absolute Gasteiger partial charge is 0.161 e. The molecule has 0 amide bonds. The van der Waals surface area contributed by atoms with Gasteiger partial charge >= 0.3 is 0 Å². The normalized spacial score (nSPS) is 12.5. The molecule has 1 aliphatic rings. The van der Waals surface area contributed by atoms with Crippen LogP contribution in [0.5, 0.6) is 0 Å². The number of hydrogen-bond acceptors (Lipinski definition) is 3. The molecule has 0 saturated heterocycles. The van der Waals surface area contributed by atoms with E-state index in [1.807, 2.05) is 18.3 Å². The number of hydrogen-bond donors (Lipinski definition) is 0. The Morgan fingerprint density at radius 2 is 0.831 bits per heavy atom. The summed E-state index contributed by atoms with van der Waals surface area (Å²) in [6.45, 7) is 0. The predicted octanol–water partition coefficient (Wildman–Crippen LogP) is 13.7. The average Bonchev–Trinajstić information content (AvgIpc) is 3.62. The van der Waals surface area contributed by atoms with Gasteiger partial charge in [0, 0.05) is 29.1 Å². The third kappa shape index (κ3) is 5.78. The maximum atomic E-state index is 5.29. The van der Waals surface area contributed by atoms with Crippen molar-refractivity contribution in [3.05, 3.63) is 247 Å². The highest BCUT2D eigenvalue weighted by molar-refractivity contribution is 6.05. The summed E-state index contributed by atoms with van der Waals surface area (Å²) in [4.78, 5) is 14.9. The lowest BCUT2D eigenvalue weighted by molar-refractivity contribution is 0.769. The average molecular weight is 752 g/mol. The van der Waals surface area contributed by atoms with Crippen molar-refractivity contribution < 1.29 is 0 Å². The summed E-state index contributed by atoms with van der Waals surface area (Å²) in [6.07, 6.45) is 3.69. The van der Waals surface area contributed by atoms with E-state index in [9.17, 15) is 0 Å². The van der Waals surface area contributed by atoms with Gasteiger partial charge in [-0.15, -0.1) is 0 Å². The standard InChI is InChI=1S/C56H37N3/c1-4-15-39(16-5-1)53-36-54(40-28-26-38(27-29-40)42-17-14-34-57-37-42)59-55(58-53)50-33-32-45(46-22-10-11-23-47(46)50)41-30-31-49-48-24-12-13-25-51(48)56(52(49)35-41,43-18-6-2-7-19-43)44-20-8-3-9-21-44/h1-37H. The van der Waals surface area contributed by atoms with Gasteiger partial charge in [0.15, 0.2) is 5.82 Å². The molecule has 8 aromatic carbocycles. The highest BCUT2D eigenvalue weighted by Gasteiger charge is 2.46. The first-order chi connectivity index (χ1) is 29.3. The van der Waals surface area contributed by atoms with Gasteiger partial charge in [0.05, 0.1) is 16.8 Å². The molecular formula is C56H37N3. The van der Waals surface area contributed by atoms with Gasteiger partial charge in [0.2, 0.25) is 0 Å². The summed E-state index contributed by atoms with van der Waals surface area (Å²) in [5.41, 5.74) is 16.5. The van der Waals surface area contributed by atoms with Crippen LogP contribution in [0.1, 0.15) is 22.3 Å². The maximum absolute atomic E-state index is 5.29. The summed E-state index contributed by atoms with van der Waals surface area (Å²) in [7, 11) is 0. The first kappa shape index (κ1) is 34.5. The molecule has 0 radical (unpaired) electrons. The van der Waals surface area contributed by atoms with E-state index in [2.05, 4.69) is 205 Å². The molecule has 0 atom stereocenters. The molecule has 0 spiro atoms. The van der Waals surface area contributed by atoms with E-state index in [-0.39, 0.29) is 0 Å². The maximum Gasteiger partial charge on any atom is 0.161 e. The second-order valence-electron chi connectivity index (χ2n) is 15.1. The summed E-state index contributed by atoms with van der Waals surface area (Å²) in [6, 6.07) is 76.2. The number of fused-ring (bicyclic) bond motifs is 4. The van der Waals surface area contributed by atoms with Gasteiger partial charge in [0.25, 0.3) is 0 Å². The minimum atomic E-state index is -0.474. The second kappa shape index (κ2) is 14.3. The lowest BCUT2D eigenvalue weighted by Gasteiger charge is -2.34. The van der Waals surface area contributed by atoms with Crippen LogP contribution < -0.4 is 0 Å². The second-order valence-corrected chi connectivity index (χ2v) is 15.1. The van der Waals surface area contributed by atoms with E-state index in [0.717, 1.165) is 50.0 Å². The van der Waals surface area contributed by atoms with Gasteiger partial charge in [-0.3, -0.25) is 4.98 Å². The van der Waals surface area contributed by atoms with E-state index in [4.69, 9.17) is 9.97 Å². The van der Waals surface area contributed by atoms with Crippen LogP contribution in [-0.4, -0.2) is 15.0 Å². The molecule has 1 aliphatic carbocycles. The van der Waals surface area contributed by atoms with E-state index in [1.54, 1.807) is 6.20 Å². The SMILES string of the molecule is c1ccc(-c2cc(-c3ccc(-c4cccnc4)cc3)nc(-c3ccc(-c4ccc5c(c4)C(c4ccccc4)(c4ccccc4)c4ccccc4-5)c4ccccc34)n2)cc1. The van der Waals surface area contributed by atoms with Crippen molar-refractivity contribution in [1.29, 1.82) is 0 Å². The lowest BCUT2D eigenvalue weighted by Crippen LogP contribution is -2.28. The monoisotopic (exact) mass is 751 g/mol. The van der Waals surface area contributed by atoms with E-state index in [1.165, 1.54) is 44.5 Å². The fourth-order valence-corrected chi connectivity index (χ4v) is 9.20. The molecule has 0 unspecified atom stereocenters. The third-order valence-corrected chi connectivity index (χ3v) is 11.9. The van der Waals surface area contributed by atoms with Crippen molar-refractivity contribution in [3.8, 4) is 67.3 Å². The largest absolute Gasteiger partial charge is 0.264 e. The highest BCUT2D eigenvalue weighted by Crippen LogP contribution is 2.57. The molecule has 0 saturated carbocycles. The molecule has 0 aliphatic heterocycles. The van der Waals surface area contributed by atoms with Gasteiger partial charge in [-0.2, -0.15) is 0 Å². The van der Waals surface area contributed by atoms with Crippen molar-refractivity contribution >= 4 is 10.8 Å². The van der Waals surface area contributed by atoms with Crippen molar-refractivity contribution in [2.75, 3.05) is 0 Å². The van der Waals surface area contributed by atoms with Gasteiger partial charge in [-0.1, -0.05) is 188 Å². The minimum absolute atomic E-state index is 0.474. The number of rotatable bonds is 7. The minimum Gasteiger partial charge on any atom is -0.264 e. The lowest BCUT2D eigenvalue weighted by atomic mass is 9.67. The molecule has 3 heteroatoms. The van der Waals surface area contributed by atoms with Crippen LogP contribution in [0, 0.1) is 0 Å². The molecule has 276 valence electrons. The number of aromatic nitrogens is 3. The highest BCUT2D eigenvalue weighted by atomic mass is 14.9. The van der Waals surface area contributed by atoms with Gasteiger partial charge in [-0.05, 0) is 90.7 Å². The quantitative estimate of drug-likeness (QED) is 0.163. The Kier molecular flexibility index (Phi) is 8.37. The number of benzene rings is 8. The van der Waals surface area contributed by atoms with Crippen molar-refractivity contribution in [3.63, 3.8) is 0 Å². The topological polar surface area (TPSA) is 38.7 Å². The summed E-state index contributed by atoms with van der Waals surface area (Å²) in [5, 5.41) is 2.26. The predicted molar refractivity (Wildman–Crippen MR) is 242 cm³/mol. The Labute approximate surface area is 344 Å². The van der Waals surface area contributed by atoms with Crippen LogP contribution in [0.4, 0.5) is 0 Å². The number of nitrogens with zero attached hydrogens (tertiary/aromatic N) is 3. The molecule has 11 rings (SSSR count). The summed E-state index contributed by atoms with van der Waals surface area (Å²) >= 11 is 0. The molecule has 0 fully saturated rings. The molecule has 10 aromatic rings. The molecule has 59 heavy (non-hydrogen) atoms. The summed E-state index contributed by atoms with van der Waals surface area (Å²) in [5.74, 6) is 0.692. The zero-order valence-electron chi connectivity index (χ0n) is 32.2. The zero-order chi connectivity index (χ0) is 39.2. The Bertz CT molecular complexity index is 3080. The Morgan fingerprint density at radius 3 is 1.51 bits per heavy atom. The van der Waals surface area contributed by atoms with Crippen LogP contribution in [0.15, 0.2) is 225 Å². The van der Waals surface area contributed by atoms with Crippen LogP contribution in [0.3, 0.4) is 0 Å². The Hall–Kier alpha value is -7.75. The van der Waals surface area contributed by atoms with E-state index < -0.39 is 5.41 Å². The van der Waals surface area contributed by atoms with Crippen LogP contribution in [0.25, 0.3) is 78.1 Å². The molecular weight excluding hydrogens is 715 g/mol. The fourth-order valence-electron chi connectivity index (χ4n) is 9.20. The first-order valence-electron chi connectivity index (χ1n) is 20.1. The molecule has 2 aromatic heterocycles. The van der Waals surface area contributed by atoms with Crippen LogP contribution in [-0.2, 0) is 5.41 Å². The molecule has 0 N–H and O–H groups in total. The van der Waals surface area contributed by atoms with E-state index >= 15 is 0 Å². The molecule has 3 nitrogen and oxygen atoms in total. The van der Waals surface area contributed by atoms with Crippen LogP contribution in [0.2, 0.25) is 0 Å². The Morgan fingerprint density at radius 1 is 0.322 bits per heavy atom.